The van der Waals surface area contributed by atoms with Crippen LogP contribution in [-0.2, 0) is 4.79 Å². The second kappa shape index (κ2) is 6.48. The maximum atomic E-state index is 12.6. The highest BCUT2D eigenvalue weighted by Crippen LogP contribution is 2.37. The minimum absolute atomic E-state index is 0.347. The van der Waals surface area contributed by atoms with E-state index >= 15 is 0 Å². The molecule has 3 rings (SSSR count). The van der Waals surface area contributed by atoms with Crippen LogP contribution in [0.25, 0.3) is 6.08 Å². The molecular weight excluding hydrogens is 334 g/mol. The van der Waals surface area contributed by atoms with Crippen molar-refractivity contribution < 1.29 is 14.3 Å². The van der Waals surface area contributed by atoms with E-state index < -0.39 is 0 Å². The highest BCUT2D eigenvalue weighted by atomic mass is 35.5. The minimum Gasteiger partial charge on any atom is -0.496 e. The second-order valence-corrected chi connectivity index (χ2v) is 6.17. The van der Waals surface area contributed by atoms with Gasteiger partial charge in [-0.25, -0.2) is 4.90 Å². The number of benzene rings is 2. The van der Waals surface area contributed by atoms with Gasteiger partial charge in [-0.05, 0) is 42.1 Å². The number of rotatable bonds is 3. The molecule has 0 aromatic heterocycles. The molecule has 0 atom stereocenters. The van der Waals surface area contributed by atoms with Crippen molar-refractivity contribution in [2.45, 2.75) is 0 Å². The molecule has 23 heavy (non-hydrogen) atoms. The van der Waals surface area contributed by atoms with E-state index in [1.165, 1.54) is 0 Å². The average Bonchev–Trinajstić information content (AvgIpc) is 2.82. The van der Waals surface area contributed by atoms with Crippen LogP contribution in [-0.4, -0.2) is 18.3 Å². The lowest BCUT2D eigenvalue weighted by Crippen LogP contribution is -2.27. The van der Waals surface area contributed by atoms with Gasteiger partial charge in [0.15, 0.2) is 0 Å². The van der Waals surface area contributed by atoms with E-state index in [1.54, 1.807) is 43.5 Å². The predicted octanol–water partition coefficient (Wildman–Crippen LogP) is 4.59. The number of nitrogens with zero attached hydrogens (tertiary/aromatic N) is 1. The summed E-state index contributed by atoms with van der Waals surface area (Å²) < 4.78 is 5.26. The maximum Gasteiger partial charge on any atom is 0.298 e. The van der Waals surface area contributed by atoms with E-state index in [0.717, 1.165) is 22.2 Å². The Morgan fingerprint density at radius 2 is 1.91 bits per heavy atom. The second-order valence-electron chi connectivity index (χ2n) is 4.74. The van der Waals surface area contributed by atoms with Crippen molar-refractivity contribution in [3.8, 4) is 5.75 Å². The summed E-state index contributed by atoms with van der Waals surface area (Å²) >= 11 is 6.83. The Balaban J connectivity index is 1.97. The quantitative estimate of drug-likeness (QED) is 0.763. The van der Waals surface area contributed by atoms with Crippen molar-refractivity contribution in [2.24, 2.45) is 0 Å². The van der Waals surface area contributed by atoms with Gasteiger partial charge in [0.25, 0.3) is 11.1 Å². The number of thioether (sulfide) groups is 1. The fourth-order valence-electron chi connectivity index (χ4n) is 2.23. The molecule has 4 nitrogen and oxygen atoms in total. The summed E-state index contributed by atoms with van der Waals surface area (Å²) in [6.07, 6.45) is 1.66. The fraction of sp³-hybridized carbons (Fsp3) is 0.0588. The van der Waals surface area contributed by atoms with Gasteiger partial charge in [0, 0.05) is 10.6 Å². The molecule has 2 aromatic carbocycles. The molecule has 116 valence electrons. The number of carbonyl (C=O) groups is 2. The van der Waals surface area contributed by atoms with E-state index in [2.05, 4.69) is 0 Å². The van der Waals surface area contributed by atoms with Crippen LogP contribution in [0, 0.1) is 0 Å². The lowest BCUT2D eigenvalue weighted by molar-refractivity contribution is -0.113. The molecule has 0 spiro atoms. The summed E-state index contributed by atoms with van der Waals surface area (Å²) in [5, 5.41) is 0.119. The average molecular weight is 346 g/mol. The Morgan fingerprint density at radius 3 is 2.65 bits per heavy atom. The Kier molecular flexibility index (Phi) is 4.41. The van der Waals surface area contributed by atoms with Crippen molar-refractivity contribution >= 4 is 46.3 Å². The van der Waals surface area contributed by atoms with Crippen LogP contribution >= 0.6 is 23.4 Å². The van der Waals surface area contributed by atoms with Crippen molar-refractivity contribution in [1.82, 2.24) is 0 Å². The number of imide groups is 1. The van der Waals surface area contributed by atoms with Crippen molar-refractivity contribution in [2.75, 3.05) is 12.0 Å². The van der Waals surface area contributed by atoms with Gasteiger partial charge in [-0.1, -0.05) is 35.9 Å². The molecule has 1 saturated heterocycles. The molecule has 1 aliphatic heterocycles. The molecule has 0 N–H and O–H groups in total. The summed E-state index contributed by atoms with van der Waals surface area (Å²) in [7, 11) is 1.56. The largest absolute Gasteiger partial charge is 0.496 e. The van der Waals surface area contributed by atoms with E-state index in [4.69, 9.17) is 16.3 Å². The molecule has 1 heterocycles. The first-order valence-electron chi connectivity index (χ1n) is 6.76. The molecule has 2 amide bonds. The first-order valence-corrected chi connectivity index (χ1v) is 7.96. The summed E-state index contributed by atoms with van der Waals surface area (Å²) in [5.41, 5.74) is 1.20. The molecule has 1 fully saturated rings. The van der Waals surface area contributed by atoms with E-state index in [9.17, 15) is 9.59 Å². The van der Waals surface area contributed by atoms with Crippen LogP contribution in [0.15, 0.2) is 53.4 Å². The third-order valence-electron chi connectivity index (χ3n) is 3.29. The van der Waals surface area contributed by atoms with Gasteiger partial charge in [0.05, 0.1) is 17.7 Å². The molecule has 0 saturated carbocycles. The van der Waals surface area contributed by atoms with Crippen LogP contribution in [0.1, 0.15) is 5.56 Å². The van der Waals surface area contributed by atoms with Gasteiger partial charge in [0.1, 0.15) is 5.75 Å². The van der Waals surface area contributed by atoms with Crippen molar-refractivity contribution in [3.63, 3.8) is 0 Å². The van der Waals surface area contributed by atoms with Crippen LogP contribution in [0.3, 0.4) is 0 Å². The summed E-state index contributed by atoms with van der Waals surface area (Å²) in [6, 6.07) is 14.0. The number of hydrogen-bond acceptors (Lipinski definition) is 4. The number of methoxy groups -OCH3 is 1. The molecule has 1 aliphatic rings. The third-order valence-corrected chi connectivity index (χ3v) is 4.39. The molecule has 0 radical (unpaired) electrons. The summed E-state index contributed by atoms with van der Waals surface area (Å²) in [5.74, 6) is 0.273. The van der Waals surface area contributed by atoms with Crippen LogP contribution in [0.4, 0.5) is 10.5 Å². The van der Waals surface area contributed by atoms with Crippen LogP contribution in [0.2, 0.25) is 5.02 Å². The van der Waals surface area contributed by atoms with E-state index in [-0.39, 0.29) is 11.1 Å². The zero-order valence-corrected chi connectivity index (χ0v) is 13.7. The van der Waals surface area contributed by atoms with Gasteiger partial charge in [-0.3, -0.25) is 9.59 Å². The van der Waals surface area contributed by atoms with Gasteiger partial charge in [-0.2, -0.15) is 0 Å². The topological polar surface area (TPSA) is 46.6 Å². The highest BCUT2D eigenvalue weighted by molar-refractivity contribution is 8.19. The first-order chi connectivity index (χ1) is 11.1. The molecule has 2 aromatic rings. The molecule has 0 bridgehead atoms. The SMILES string of the molecule is COc1ccccc1C=C1SC(=O)N(c2cccc(Cl)c2)C1=O. The number of carbonyl (C=O) groups excluding carboxylic acids is 2. The first kappa shape index (κ1) is 15.6. The molecule has 6 heteroatoms. The normalized spacial score (nSPS) is 16.3. The van der Waals surface area contributed by atoms with Crippen LogP contribution in [0.5, 0.6) is 5.75 Å². The lowest BCUT2D eigenvalue weighted by Gasteiger charge is -2.12. The zero-order chi connectivity index (χ0) is 16.4. The number of hydrogen-bond donors (Lipinski definition) is 0. The van der Waals surface area contributed by atoms with Gasteiger partial charge in [0.2, 0.25) is 0 Å². The monoisotopic (exact) mass is 345 g/mol. The Bertz CT molecular complexity index is 819. The molecule has 0 unspecified atom stereocenters. The van der Waals surface area contributed by atoms with Gasteiger partial charge in [-0.15, -0.1) is 0 Å². The molecular formula is C17H12ClNO3S. The Labute approximate surface area is 142 Å². The number of anilines is 1. The third kappa shape index (κ3) is 3.11. The number of amides is 2. The standard InChI is InChI=1S/C17H12ClNO3S/c1-22-14-8-3-2-5-11(14)9-15-16(20)19(17(21)23-15)13-7-4-6-12(18)10-13/h2-10H,1H3. The number of para-hydroxylation sites is 1. The number of halogens is 1. The number of ether oxygens (including phenoxy) is 1. The van der Waals surface area contributed by atoms with Gasteiger partial charge >= 0.3 is 0 Å². The summed E-state index contributed by atoms with van der Waals surface area (Å²) in [4.78, 5) is 26.2. The van der Waals surface area contributed by atoms with E-state index in [0.29, 0.717) is 21.4 Å². The van der Waals surface area contributed by atoms with Gasteiger partial charge < -0.3 is 4.74 Å². The Hall–Kier alpha value is -2.24. The minimum atomic E-state index is -0.367. The summed E-state index contributed by atoms with van der Waals surface area (Å²) in [6.45, 7) is 0. The fourth-order valence-corrected chi connectivity index (χ4v) is 3.25. The van der Waals surface area contributed by atoms with Crippen molar-refractivity contribution in [1.29, 1.82) is 0 Å². The maximum absolute atomic E-state index is 12.6. The molecule has 0 aliphatic carbocycles. The predicted molar refractivity (Wildman–Crippen MR) is 92.9 cm³/mol. The lowest BCUT2D eigenvalue weighted by atomic mass is 10.2. The van der Waals surface area contributed by atoms with Crippen LogP contribution < -0.4 is 9.64 Å². The van der Waals surface area contributed by atoms with E-state index in [1.807, 2.05) is 18.2 Å². The Morgan fingerprint density at radius 1 is 1.13 bits per heavy atom. The van der Waals surface area contributed by atoms with Crippen molar-refractivity contribution in [3.05, 3.63) is 64.0 Å². The smallest absolute Gasteiger partial charge is 0.298 e. The highest BCUT2D eigenvalue weighted by Gasteiger charge is 2.36. The zero-order valence-electron chi connectivity index (χ0n) is 12.2.